The van der Waals surface area contributed by atoms with Gasteiger partial charge in [0.1, 0.15) is 5.72 Å². The second-order valence-corrected chi connectivity index (χ2v) is 3.53. The van der Waals surface area contributed by atoms with E-state index < -0.39 is 5.72 Å². The highest BCUT2D eigenvalue weighted by atomic mass is 16.3. The Morgan fingerprint density at radius 1 is 1.33 bits per heavy atom. The Bertz CT molecular complexity index is 91.6. The number of hydrogen-bond acceptors (Lipinski definition) is 2. The summed E-state index contributed by atoms with van der Waals surface area (Å²) in [6.45, 7) is 7.66. The van der Waals surface area contributed by atoms with Crippen molar-refractivity contribution in [3.63, 3.8) is 0 Å². The van der Waals surface area contributed by atoms with Gasteiger partial charge in [0.2, 0.25) is 0 Å². The summed E-state index contributed by atoms with van der Waals surface area (Å²) in [6.07, 6.45) is 0.594. The normalized spacial score (nSPS) is 19.3. The smallest absolute Gasteiger partial charge is 0.118 e. The van der Waals surface area contributed by atoms with Crippen LogP contribution in [0.2, 0.25) is 0 Å². The molecule has 0 aromatic heterocycles. The molecular formula is C7H17NO. The summed E-state index contributed by atoms with van der Waals surface area (Å²) in [6, 6.07) is 0. The van der Waals surface area contributed by atoms with Crippen LogP contribution in [0, 0.1) is 5.41 Å². The van der Waals surface area contributed by atoms with Crippen LogP contribution in [-0.4, -0.2) is 10.8 Å². The zero-order chi connectivity index (χ0) is 7.71. The van der Waals surface area contributed by atoms with Gasteiger partial charge in [0.15, 0.2) is 0 Å². The third kappa shape index (κ3) is 1.95. The van der Waals surface area contributed by atoms with Crippen molar-refractivity contribution in [1.82, 2.24) is 0 Å². The molecule has 1 unspecified atom stereocenters. The highest BCUT2D eigenvalue weighted by molar-refractivity contribution is 4.82. The molecule has 0 aromatic carbocycles. The molecule has 9 heavy (non-hydrogen) atoms. The van der Waals surface area contributed by atoms with E-state index in [9.17, 15) is 5.11 Å². The van der Waals surface area contributed by atoms with Crippen molar-refractivity contribution in [2.75, 3.05) is 0 Å². The summed E-state index contributed by atoms with van der Waals surface area (Å²) in [5.41, 5.74) is 4.31. The van der Waals surface area contributed by atoms with Crippen LogP contribution in [0.5, 0.6) is 0 Å². The fourth-order valence-electron chi connectivity index (χ4n) is 0.530. The zero-order valence-corrected chi connectivity index (χ0v) is 6.73. The molecule has 0 amide bonds. The molecule has 0 spiro atoms. The fraction of sp³-hybridized carbons (Fsp3) is 1.00. The lowest BCUT2D eigenvalue weighted by molar-refractivity contribution is -0.0554. The number of hydrogen-bond donors (Lipinski definition) is 2. The molecule has 0 rings (SSSR count). The van der Waals surface area contributed by atoms with Crippen LogP contribution in [0.15, 0.2) is 0 Å². The molecule has 0 aliphatic carbocycles. The average Bonchev–Trinajstić information content (AvgIpc) is 1.64. The van der Waals surface area contributed by atoms with E-state index >= 15 is 0 Å². The van der Waals surface area contributed by atoms with Gasteiger partial charge in [-0.05, 0) is 6.42 Å². The van der Waals surface area contributed by atoms with Crippen molar-refractivity contribution < 1.29 is 5.11 Å². The minimum atomic E-state index is -1.02. The van der Waals surface area contributed by atoms with Gasteiger partial charge in [0, 0.05) is 5.41 Å². The largest absolute Gasteiger partial charge is 0.376 e. The number of nitrogens with two attached hydrogens (primary N) is 1. The molecule has 0 heterocycles. The third-order valence-electron chi connectivity index (χ3n) is 1.84. The fourth-order valence-corrected chi connectivity index (χ4v) is 0.530. The summed E-state index contributed by atoms with van der Waals surface area (Å²) < 4.78 is 0. The Morgan fingerprint density at radius 2 is 1.67 bits per heavy atom. The lowest BCUT2D eigenvalue weighted by Crippen LogP contribution is -2.50. The van der Waals surface area contributed by atoms with Gasteiger partial charge >= 0.3 is 0 Å². The van der Waals surface area contributed by atoms with Crippen LogP contribution in [0.4, 0.5) is 0 Å². The predicted octanol–water partition coefficient (Wildman–Crippen LogP) is 1.09. The average molecular weight is 131 g/mol. The van der Waals surface area contributed by atoms with Gasteiger partial charge in [-0.2, -0.15) is 0 Å². The van der Waals surface area contributed by atoms with E-state index in [-0.39, 0.29) is 5.41 Å². The van der Waals surface area contributed by atoms with Crippen molar-refractivity contribution in [2.24, 2.45) is 11.1 Å². The molecule has 0 saturated heterocycles. The second kappa shape index (κ2) is 2.27. The molecule has 0 aliphatic rings. The molecular weight excluding hydrogens is 114 g/mol. The standard InChI is InChI=1S/C7H17NO/c1-5-7(8,9)6(2,3)4/h9H,5,8H2,1-4H3. The number of rotatable bonds is 1. The van der Waals surface area contributed by atoms with Crippen molar-refractivity contribution in [3.05, 3.63) is 0 Å². The maximum absolute atomic E-state index is 9.44. The van der Waals surface area contributed by atoms with Gasteiger partial charge in [-0.1, -0.05) is 27.7 Å². The van der Waals surface area contributed by atoms with Crippen molar-refractivity contribution >= 4 is 0 Å². The molecule has 2 heteroatoms. The predicted molar refractivity (Wildman–Crippen MR) is 38.9 cm³/mol. The minimum absolute atomic E-state index is 0.220. The van der Waals surface area contributed by atoms with Gasteiger partial charge < -0.3 is 10.8 Å². The Labute approximate surface area is 57.1 Å². The van der Waals surface area contributed by atoms with Crippen LogP contribution in [-0.2, 0) is 0 Å². The van der Waals surface area contributed by atoms with E-state index in [0.29, 0.717) is 6.42 Å². The second-order valence-electron chi connectivity index (χ2n) is 3.53. The van der Waals surface area contributed by atoms with Crippen LogP contribution in [0.25, 0.3) is 0 Å². The highest BCUT2D eigenvalue weighted by Crippen LogP contribution is 2.27. The molecule has 3 N–H and O–H groups in total. The number of aliphatic hydroxyl groups is 1. The highest BCUT2D eigenvalue weighted by Gasteiger charge is 2.33. The SMILES string of the molecule is CCC(N)(O)C(C)(C)C. The molecule has 0 fully saturated rings. The minimum Gasteiger partial charge on any atom is -0.376 e. The Kier molecular flexibility index (Phi) is 2.25. The zero-order valence-electron chi connectivity index (χ0n) is 6.73. The summed E-state index contributed by atoms with van der Waals surface area (Å²) in [5, 5.41) is 9.44. The molecule has 0 saturated carbocycles. The maximum atomic E-state index is 9.44. The summed E-state index contributed by atoms with van der Waals surface area (Å²) in [4.78, 5) is 0. The summed E-state index contributed by atoms with van der Waals surface area (Å²) in [5.74, 6) is 0. The molecule has 2 nitrogen and oxygen atoms in total. The van der Waals surface area contributed by atoms with E-state index in [2.05, 4.69) is 0 Å². The van der Waals surface area contributed by atoms with E-state index in [1.165, 1.54) is 0 Å². The van der Waals surface area contributed by atoms with Crippen LogP contribution in [0.3, 0.4) is 0 Å². The van der Waals surface area contributed by atoms with Crippen LogP contribution in [0.1, 0.15) is 34.1 Å². The van der Waals surface area contributed by atoms with Crippen molar-refractivity contribution in [3.8, 4) is 0 Å². The lowest BCUT2D eigenvalue weighted by Gasteiger charge is -2.35. The third-order valence-corrected chi connectivity index (χ3v) is 1.84. The van der Waals surface area contributed by atoms with Gasteiger partial charge in [-0.15, -0.1) is 0 Å². The first-order valence-corrected chi connectivity index (χ1v) is 3.32. The molecule has 1 atom stereocenters. The van der Waals surface area contributed by atoms with E-state index in [4.69, 9.17) is 5.73 Å². The quantitative estimate of drug-likeness (QED) is 0.523. The van der Waals surface area contributed by atoms with E-state index in [1.807, 2.05) is 27.7 Å². The molecule has 0 bridgehead atoms. The Hall–Kier alpha value is -0.0800. The Morgan fingerprint density at radius 3 is 1.67 bits per heavy atom. The van der Waals surface area contributed by atoms with Crippen LogP contribution < -0.4 is 5.73 Å². The van der Waals surface area contributed by atoms with Crippen molar-refractivity contribution in [2.45, 2.75) is 39.8 Å². The van der Waals surface area contributed by atoms with E-state index in [1.54, 1.807) is 0 Å². The molecule has 56 valence electrons. The van der Waals surface area contributed by atoms with Crippen LogP contribution >= 0.6 is 0 Å². The first kappa shape index (κ1) is 8.92. The first-order chi connectivity index (χ1) is 3.81. The topological polar surface area (TPSA) is 46.2 Å². The first-order valence-electron chi connectivity index (χ1n) is 3.32. The molecule has 0 radical (unpaired) electrons. The van der Waals surface area contributed by atoms with Gasteiger partial charge in [-0.25, -0.2) is 0 Å². The molecule has 0 aromatic rings. The van der Waals surface area contributed by atoms with Gasteiger partial charge in [-0.3, -0.25) is 0 Å². The molecule has 0 aliphatic heterocycles. The van der Waals surface area contributed by atoms with Gasteiger partial charge in [0.05, 0.1) is 0 Å². The maximum Gasteiger partial charge on any atom is 0.118 e. The summed E-state index contributed by atoms with van der Waals surface area (Å²) >= 11 is 0. The van der Waals surface area contributed by atoms with E-state index in [0.717, 1.165) is 0 Å². The Balaban J connectivity index is 4.14. The van der Waals surface area contributed by atoms with Gasteiger partial charge in [0.25, 0.3) is 0 Å². The monoisotopic (exact) mass is 131 g/mol. The lowest BCUT2D eigenvalue weighted by atomic mass is 9.82. The van der Waals surface area contributed by atoms with Crippen molar-refractivity contribution in [1.29, 1.82) is 0 Å². The summed E-state index contributed by atoms with van der Waals surface area (Å²) in [7, 11) is 0.